The maximum atomic E-state index is 5.44. The standard InChI is InChI=1S/C15H30N2O/c1-15(6-10-18-11-7-15)13-17-9-3-5-14-4-2-8-16-12-14/h14,16-17H,2-13H2,1H3. The molecule has 2 N–H and O–H groups in total. The Morgan fingerprint density at radius 3 is 2.89 bits per heavy atom. The minimum absolute atomic E-state index is 0.477. The first kappa shape index (κ1) is 14.3. The van der Waals surface area contributed by atoms with Gasteiger partial charge in [0.25, 0.3) is 0 Å². The summed E-state index contributed by atoms with van der Waals surface area (Å²) in [6, 6.07) is 0. The van der Waals surface area contributed by atoms with Crippen LogP contribution in [0.3, 0.4) is 0 Å². The van der Waals surface area contributed by atoms with Crippen LogP contribution in [0.2, 0.25) is 0 Å². The van der Waals surface area contributed by atoms with Gasteiger partial charge >= 0.3 is 0 Å². The molecule has 0 aromatic carbocycles. The molecule has 3 heteroatoms. The van der Waals surface area contributed by atoms with Crippen molar-refractivity contribution < 1.29 is 4.74 Å². The van der Waals surface area contributed by atoms with Gasteiger partial charge in [-0.1, -0.05) is 6.92 Å². The van der Waals surface area contributed by atoms with Crippen LogP contribution in [0.4, 0.5) is 0 Å². The van der Waals surface area contributed by atoms with Gasteiger partial charge in [-0.15, -0.1) is 0 Å². The lowest BCUT2D eigenvalue weighted by Gasteiger charge is -2.33. The second kappa shape index (κ2) is 7.46. The summed E-state index contributed by atoms with van der Waals surface area (Å²) < 4.78 is 5.44. The Morgan fingerprint density at radius 2 is 2.17 bits per heavy atom. The maximum Gasteiger partial charge on any atom is 0.0471 e. The number of hydrogen-bond donors (Lipinski definition) is 2. The lowest BCUT2D eigenvalue weighted by molar-refractivity contribution is 0.0241. The summed E-state index contributed by atoms with van der Waals surface area (Å²) in [5, 5.41) is 7.16. The lowest BCUT2D eigenvalue weighted by Crippen LogP contribution is -2.37. The molecule has 0 spiro atoms. The summed E-state index contributed by atoms with van der Waals surface area (Å²) in [5.41, 5.74) is 0.477. The highest BCUT2D eigenvalue weighted by Crippen LogP contribution is 2.28. The minimum Gasteiger partial charge on any atom is -0.381 e. The van der Waals surface area contributed by atoms with Gasteiger partial charge in [-0.3, -0.25) is 0 Å². The van der Waals surface area contributed by atoms with Crippen LogP contribution in [0, 0.1) is 11.3 Å². The predicted octanol–water partition coefficient (Wildman–Crippen LogP) is 2.17. The van der Waals surface area contributed by atoms with Gasteiger partial charge in [-0.05, 0) is 69.5 Å². The van der Waals surface area contributed by atoms with E-state index >= 15 is 0 Å². The molecule has 1 atom stereocenters. The Balaban J connectivity index is 1.50. The molecular formula is C15H30N2O. The van der Waals surface area contributed by atoms with Crippen molar-refractivity contribution in [1.82, 2.24) is 10.6 Å². The zero-order valence-electron chi connectivity index (χ0n) is 12.0. The third-order valence-corrected chi connectivity index (χ3v) is 4.62. The van der Waals surface area contributed by atoms with E-state index in [0.717, 1.165) is 19.1 Å². The fraction of sp³-hybridized carbons (Fsp3) is 1.00. The third-order valence-electron chi connectivity index (χ3n) is 4.62. The molecule has 1 unspecified atom stereocenters. The van der Waals surface area contributed by atoms with Gasteiger partial charge in [-0.2, -0.15) is 0 Å². The number of nitrogens with one attached hydrogen (secondary N) is 2. The number of rotatable bonds is 6. The molecule has 0 amide bonds. The maximum absolute atomic E-state index is 5.44. The van der Waals surface area contributed by atoms with Crippen LogP contribution in [0.5, 0.6) is 0 Å². The van der Waals surface area contributed by atoms with Gasteiger partial charge in [0.05, 0.1) is 0 Å². The van der Waals surface area contributed by atoms with E-state index in [9.17, 15) is 0 Å². The molecule has 18 heavy (non-hydrogen) atoms. The monoisotopic (exact) mass is 254 g/mol. The third kappa shape index (κ3) is 4.87. The summed E-state index contributed by atoms with van der Waals surface area (Å²) in [6.07, 6.45) is 7.95. The first-order valence-corrected chi connectivity index (χ1v) is 7.78. The molecule has 0 bridgehead atoms. The van der Waals surface area contributed by atoms with Gasteiger partial charge in [0, 0.05) is 19.8 Å². The van der Waals surface area contributed by atoms with Crippen molar-refractivity contribution in [2.75, 3.05) is 39.4 Å². The zero-order chi connectivity index (χ0) is 12.7. The summed E-state index contributed by atoms with van der Waals surface area (Å²) in [6.45, 7) is 9.13. The van der Waals surface area contributed by atoms with Crippen molar-refractivity contribution in [2.45, 2.75) is 45.4 Å². The van der Waals surface area contributed by atoms with E-state index in [2.05, 4.69) is 17.6 Å². The molecule has 2 aliphatic rings. The highest BCUT2D eigenvalue weighted by Gasteiger charge is 2.26. The van der Waals surface area contributed by atoms with E-state index in [-0.39, 0.29) is 0 Å². The van der Waals surface area contributed by atoms with E-state index in [1.54, 1.807) is 0 Å². The quantitative estimate of drug-likeness (QED) is 0.713. The Labute approximate surface area is 112 Å². The number of ether oxygens (including phenoxy) is 1. The van der Waals surface area contributed by atoms with Crippen LogP contribution in [0.25, 0.3) is 0 Å². The Morgan fingerprint density at radius 1 is 1.33 bits per heavy atom. The molecule has 3 nitrogen and oxygen atoms in total. The van der Waals surface area contributed by atoms with Crippen molar-refractivity contribution in [1.29, 1.82) is 0 Å². The van der Waals surface area contributed by atoms with Gasteiger partial charge in [0.1, 0.15) is 0 Å². The zero-order valence-corrected chi connectivity index (χ0v) is 12.0. The van der Waals surface area contributed by atoms with Crippen molar-refractivity contribution in [2.24, 2.45) is 11.3 Å². The molecule has 2 rings (SSSR count). The SMILES string of the molecule is CC1(CNCCCC2CCCNC2)CCOCC1. The Kier molecular flexibility index (Phi) is 5.93. The molecule has 0 aromatic rings. The fourth-order valence-corrected chi connectivity index (χ4v) is 3.12. The van der Waals surface area contributed by atoms with Crippen LogP contribution in [-0.2, 0) is 4.74 Å². The van der Waals surface area contributed by atoms with Gasteiger partial charge < -0.3 is 15.4 Å². The molecular weight excluding hydrogens is 224 g/mol. The van der Waals surface area contributed by atoms with Crippen LogP contribution < -0.4 is 10.6 Å². The first-order valence-electron chi connectivity index (χ1n) is 7.78. The van der Waals surface area contributed by atoms with Gasteiger partial charge in [0.15, 0.2) is 0 Å². The summed E-state index contributed by atoms with van der Waals surface area (Å²) >= 11 is 0. The molecule has 2 saturated heterocycles. The molecule has 0 radical (unpaired) electrons. The normalized spacial score (nSPS) is 28.2. The Bertz CT molecular complexity index is 221. The van der Waals surface area contributed by atoms with E-state index in [1.807, 2.05) is 0 Å². The lowest BCUT2D eigenvalue weighted by atomic mass is 9.82. The van der Waals surface area contributed by atoms with Gasteiger partial charge in [-0.25, -0.2) is 0 Å². The molecule has 2 heterocycles. The van der Waals surface area contributed by atoms with Crippen LogP contribution in [0.1, 0.15) is 45.4 Å². The second-order valence-corrected chi connectivity index (χ2v) is 6.45. The molecule has 106 valence electrons. The molecule has 2 fully saturated rings. The van der Waals surface area contributed by atoms with Crippen molar-refractivity contribution in [3.63, 3.8) is 0 Å². The van der Waals surface area contributed by atoms with E-state index < -0.39 is 0 Å². The van der Waals surface area contributed by atoms with E-state index in [0.29, 0.717) is 5.41 Å². The van der Waals surface area contributed by atoms with Crippen LogP contribution >= 0.6 is 0 Å². The second-order valence-electron chi connectivity index (χ2n) is 6.45. The van der Waals surface area contributed by atoms with Crippen molar-refractivity contribution >= 4 is 0 Å². The molecule has 0 aromatic heterocycles. The molecule has 0 saturated carbocycles. The van der Waals surface area contributed by atoms with Crippen LogP contribution in [-0.4, -0.2) is 39.4 Å². The summed E-state index contributed by atoms with van der Waals surface area (Å²) in [4.78, 5) is 0. The first-order chi connectivity index (χ1) is 8.79. The highest BCUT2D eigenvalue weighted by molar-refractivity contribution is 4.79. The topological polar surface area (TPSA) is 33.3 Å². The molecule has 2 aliphatic heterocycles. The fourth-order valence-electron chi connectivity index (χ4n) is 3.12. The van der Waals surface area contributed by atoms with Crippen LogP contribution in [0.15, 0.2) is 0 Å². The average Bonchev–Trinajstić information content (AvgIpc) is 2.40. The number of hydrogen-bond acceptors (Lipinski definition) is 3. The van der Waals surface area contributed by atoms with E-state index in [1.165, 1.54) is 64.7 Å². The highest BCUT2D eigenvalue weighted by atomic mass is 16.5. The molecule has 0 aliphatic carbocycles. The Hall–Kier alpha value is -0.120. The smallest absolute Gasteiger partial charge is 0.0471 e. The predicted molar refractivity (Wildman–Crippen MR) is 75.9 cm³/mol. The summed E-state index contributed by atoms with van der Waals surface area (Å²) in [5.74, 6) is 0.930. The number of piperidine rings is 1. The van der Waals surface area contributed by atoms with Crippen molar-refractivity contribution in [3.05, 3.63) is 0 Å². The largest absolute Gasteiger partial charge is 0.381 e. The average molecular weight is 254 g/mol. The van der Waals surface area contributed by atoms with Gasteiger partial charge in [0.2, 0.25) is 0 Å². The summed E-state index contributed by atoms with van der Waals surface area (Å²) in [7, 11) is 0. The minimum atomic E-state index is 0.477. The van der Waals surface area contributed by atoms with Crippen molar-refractivity contribution in [3.8, 4) is 0 Å². The van der Waals surface area contributed by atoms with E-state index in [4.69, 9.17) is 4.74 Å².